The van der Waals surface area contributed by atoms with E-state index in [1.54, 1.807) is 6.92 Å². The second kappa shape index (κ2) is 6.12. The molecule has 0 heterocycles. The van der Waals surface area contributed by atoms with Gasteiger partial charge < -0.3 is 10.2 Å². The molecule has 2 aromatic rings. The highest BCUT2D eigenvalue weighted by atomic mass is 19.1. The summed E-state index contributed by atoms with van der Waals surface area (Å²) in [5.74, 6) is -0.847. The first-order chi connectivity index (χ1) is 9.88. The first kappa shape index (κ1) is 15.3. The topological polar surface area (TPSA) is 15.3 Å². The molecular formula is C17H20F2N2. The van der Waals surface area contributed by atoms with Gasteiger partial charge in [0.1, 0.15) is 11.6 Å². The molecule has 21 heavy (non-hydrogen) atoms. The fourth-order valence-corrected chi connectivity index (χ4v) is 2.13. The first-order valence-corrected chi connectivity index (χ1v) is 6.88. The summed E-state index contributed by atoms with van der Waals surface area (Å²) in [7, 11) is 3.95. The Morgan fingerprint density at radius 2 is 1.62 bits per heavy atom. The Hall–Kier alpha value is -2.10. The van der Waals surface area contributed by atoms with Crippen molar-refractivity contribution in [1.82, 2.24) is 0 Å². The highest BCUT2D eigenvalue weighted by Crippen LogP contribution is 2.25. The lowest BCUT2D eigenvalue weighted by Gasteiger charge is -2.18. The fourth-order valence-electron chi connectivity index (χ4n) is 2.13. The Balaban J connectivity index is 2.17. The van der Waals surface area contributed by atoms with Crippen LogP contribution in [0.25, 0.3) is 0 Å². The zero-order chi connectivity index (χ0) is 15.6. The van der Waals surface area contributed by atoms with E-state index in [0.717, 1.165) is 11.3 Å². The maximum Gasteiger partial charge on any atom is 0.146 e. The van der Waals surface area contributed by atoms with Gasteiger partial charge >= 0.3 is 0 Å². The minimum atomic E-state index is -0.439. The van der Waals surface area contributed by atoms with Gasteiger partial charge in [0.05, 0.1) is 5.69 Å². The molecular weight excluding hydrogens is 270 g/mol. The number of hydrogen-bond donors (Lipinski definition) is 1. The van der Waals surface area contributed by atoms with Crippen LogP contribution in [0, 0.1) is 18.6 Å². The Kier molecular flexibility index (Phi) is 4.46. The van der Waals surface area contributed by atoms with E-state index in [0.29, 0.717) is 5.56 Å². The van der Waals surface area contributed by atoms with Crippen molar-refractivity contribution >= 4 is 11.4 Å². The molecule has 0 aliphatic heterocycles. The van der Waals surface area contributed by atoms with Crippen LogP contribution in [0.5, 0.6) is 0 Å². The monoisotopic (exact) mass is 290 g/mol. The smallest absolute Gasteiger partial charge is 0.146 e. The predicted molar refractivity (Wildman–Crippen MR) is 83.9 cm³/mol. The lowest BCUT2D eigenvalue weighted by Crippen LogP contribution is -2.11. The van der Waals surface area contributed by atoms with Crippen LogP contribution in [0.1, 0.15) is 24.1 Å². The molecule has 0 fully saturated rings. The number of hydrogen-bond acceptors (Lipinski definition) is 2. The molecule has 0 aliphatic carbocycles. The predicted octanol–water partition coefficient (Wildman–Crippen LogP) is 4.51. The van der Waals surface area contributed by atoms with Crippen LogP contribution in [-0.4, -0.2) is 14.1 Å². The van der Waals surface area contributed by atoms with Crippen LogP contribution >= 0.6 is 0 Å². The van der Waals surface area contributed by atoms with E-state index < -0.39 is 11.6 Å². The molecule has 0 aliphatic rings. The van der Waals surface area contributed by atoms with Crippen molar-refractivity contribution in [2.75, 3.05) is 24.3 Å². The zero-order valence-corrected chi connectivity index (χ0v) is 12.7. The van der Waals surface area contributed by atoms with Crippen molar-refractivity contribution < 1.29 is 8.78 Å². The van der Waals surface area contributed by atoms with Crippen LogP contribution in [0.3, 0.4) is 0 Å². The van der Waals surface area contributed by atoms with Crippen molar-refractivity contribution in [1.29, 1.82) is 0 Å². The number of halogens is 2. The van der Waals surface area contributed by atoms with Crippen LogP contribution in [0.15, 0.2) is 36.4 Å². The van der Waals surface area contributed by atoms with Crippen molar-refractivity contribution in [3.63, 3.8) is 0 Å². The van der Waals surface area contributed by atoms with Crippen molar-refractivity contribution in [2.45, 2.75) is 19.9 Å². The Morgan fingerprint density at radius 3 is 2.19 bits per heavy atom. The molecule has 0 spiro atoms. The second-order valence-electron chi connectivity index (χ2n) is 5.43. The van der Waals surface area contributed by atoms with E-state index in [2.05, 4.69) is 5.32 Å². The Morgan fingerprint density at radius 1 is 1.00 bits per heavy atom. The number of aryl methyl sites for hydroxylation is 1. The number of nitrogens with one attached hydrogen (secondary N) is 1. The summed E-state index contributed by atoms with van der Waals surface area (Å²) in [5, 5.41) is 3.01. The Bertz CT molecular complexity index is 621. The largest absolute Gasteiger partial charge is 0.378 e. The summed E-state index contributed by atoms with van der Waals surface area (Å²) in [6.07, 6.45) is 0. The van der Waals surface area contributed by atoms with E-state index in [1.165, 1.54) is 12.1 Å². The van der Waals surface area contributed by atoms with Gasteiger partial charge in [0.25, 0.3) is 0 Å². The molecule has 0 amide bonds. The van der Waals surface area contributed by atoms with E-state index in [1.807, 2.05) is 50.2 Å². The summed E-state index contributed by atoms with van der Waals surface area (Å²) < 4.78 is 27.4. The molecule has 0 saturated carbocycles. The van der Waals surface area contributed by atoms with Crippen molar-refractivity contribution in [2.24, 2.45) is 0 Å². The number of nitrogens with zero attached hydrogens (tertiary/aromatic N) is 1. The maximum absolute atomic E-state index is 13.8. The minimum absolute atomic E-state index is 0.113. The number of rotatable bonds is 4. The van der Waals surface area contributed by atoms with Crippen LogP contribution in [0.2, 0.25) is 0 Å². The normalized spacial score (nSPS) is 12.1. The van der Waals surface area contributed by atoms with Crippen molar-refractivity contribution in [3.05, 3.63) is 59.2 Å². The average molecular weight is 290 g/mol. The quantitative estimate of drug-likeness (QED) is 0.891. The first-order valence-electron chi connectivity index (χ1n) is 6.88. The third-order valence-electron chi connectivity index (χ3n) is 3.53. The highest BCUT2D eigenvalue weighted by Gasteiger charge is 2.11. The maximum atomic E-state index is 13.8. The summed E-state index contributed by atoms with van der Waals surface area (Å²) in [6.45, 7) is 3.47. The van der Waals surface area contributed by atoms with Gasteiger partial charge in [0, 0.05) is 31.9 Å². The van der Waals surface area contributed by atoms with Gasteiger partial charge in [0.2, 0.25) is 0 Å². The molecule has 0 aromatic heterocycles. The molecule has 1 unspecified atom stereocenters. The number of benzene rings is 2. The Labute approximate surface area is 124 Å². The van der Waals surface area contributed by atoms with Crippen LogP contribution in [-0.2, 0) is 0 Å². The molecule has 0 bridgehead atoms. The summed E-state index contributed by atoms with van der Waals surface area (Å²) >= 11 is 0. The van der Waals surface area contributed by atoms with E-state index >= 15 is 0 Å². The lowest BCUT2D eigenvalue weighted by atomic mass is 10.1. The molecule has 0 saturated heterocycles. The van der Waals surface area contributed by atoms with Gasteiger partial charge in [-0.05, 0) is 43.2 Å². The molecule has 4 heteroatoms. The fraction of sp³-hybridized carbons (Fsp3) is 0.294. The summed E-state index contributed by atoms with van der Waals surface area (Å²) in [4.78, 5) is 2.01. The molecule has 1 N–H and O–H groups in total. The third-order valence-corrected chi connectivity index (χ3v) is 3.53. The van der Waals surface area contributed by atoms with Gasteiger partial charge in [-0.3, -0.25) is 0 Å². The lowest BCUT2D eigenvalue weighted by molar-refractivity contribution is 0.593. The standard InChI is InChI=1S/C17H20F2N2/c1-11-9-16(19)17(10-15(11)18)20-12(2)13-5-7-14(8-6-13)21(3)4/h5-10,12,20H,1-4H3. The van der Waals surface area contributed by atoms with Gasteiger partial charge in [-0.2, -0.15) is 0 Å². The summed E-state index contributed by atoms with van der Waals surface area (Å²) in [6, 6.07) is 10.3. The summed E-state index contributed by atoms with van der Waals surface area (Å²) in [5.41, 5.74) is 2.60. The molecule has 2 rings (SSSR count). The SMILES string of the molecule is Cc1cc(F)c(NC(C)c2ccc(N(C)C)cc2)cc1F. The third kappa shape index (κ3) is 3.51. The minimum Gasteiger partial charge on any atom is -0.378 e. The van der Waals surface area contributed by atoms with Crippen LogP contribution in [0.4, 0.5) is 20.2 Å². The molecule has 0 radical (unpaired) electrons. The molecule has 1 atom stereocenters. The van der Waals surface area contributed by atoms with E-state index in [9.17, 15) is 8.78 Å². The van der Waals surface area contributed by atoms with Gasteiger partial charge in [-0.25, -0.2) is 8.78 Å². The van der Waals surface area contributed by atoms with Crippen molar-refractivity contribution in [3.8, 4) is 0 Å². The zero-order valence-electron chi connectivity index (χ0n) is 12.7. The number of anilines is 2. The highest BCUT2D eigenvalue weighted by molar-refractivity contribution is 5.51. The van der Waals surface area contributed by atoms with Gasteiger partial charge in [0.15, 0.2) is 0 Å². The molecule has 112 valence electrons. The van der Waals surface area contributed by atoms with E-state index in [4.69, 9.17) is 0 Å². The molecule has 2 nitrogen and oxygen atoms in total. The van der Waals surface area contributed by atoms with Crippen LogP contribution < -0.4 is 10.2 Å². The van der Waals surface area contributed by atoms with Gasteiger partial charge in [-0.15, -0.1) is 0 Å². The van der Waals surface area contributed by atoms with Gasteiger partial charge in [-0.1, -0.05) is 12.1 Å². The van der Waals surface area contributed by atoms with E-state index in [-0.39, 0.29) is 11.7 Å². The average Bonchev–Trinajstić information content (AvgIpc) is 2.44. The molecule has 2 aromatic carbocycles. The second-order valence-corrected chi connectivity index (χ2v) is 5.43.